The first kappa shape index (κ1) is 21.1. The summed E-state index contributed by atoms with van der Waals surface area (Å²) in [6.07, 6.45) is 5.33. The number of carbonyl (C=O) groups is 2. The van der Waals surface area contributed by atoms with Gasteiger partial charge in [0.2, 0.25) is 11.7 Å². The number of carbonyl (C=O) groups excluding carboxylic acids is 2. The second-order valence-corrected chi connectivity index (χ2v) is 8.44. The molecule has 7 nitrogen and oxygen atoms in total. The molecule has 0 saturated heterocycles. The van der Waals surface area contributed by atoms with Gasteiger partial charge in [0.15, 0.2) is 0 Å². The molecule has 0 atom stereocenters. The summed E-state index contributed by atoms with van der Waals surface area (Å²) in [6.45, 7) is 1.93. The fourth-order valence-electron chi connectivity index (χ4n) is 4.12. The van der Waals surface area contributed by atoms with E-state index in [2.05, 4.69) is 34.6 Å². The van der Waals surface area contributed by atoms with E-state index < -0.39 is 5.91 Å². The number of pyridine rings is 1. The van der Waals surface area contributed by atoms with Crippen molar-refractivity contribution in [2.45, 2.75) is 38.6 Å². The van der Waals surface area contributed by atoms with Crippen molar-refractivity contribution in [3.05, 3.63) is 53.9 Å². The van der Waals surface area contributed by atoms with Gasteiger partial charge < -0.3 is 20.0 Å². The lowest BCUT2D eigenvalue weighted by atomic mass is 9.85. The molecule has 1 aromatic carbocycles. The summed E-state index contributed by atoms with van der Waals surface area (Å²) in [4.78, 5) is 32.4. The number of rotatable bonds is 5. The van der Waals surface area contributed by atoms with E-state index in [-0.39, 0.29) is 17.6 Å². The Bertz CT molecular complexity index is 1080. The third kappa shape index (κ3) is 4.61. The number of hydrogen-bond acceptors (Lipinski definition) is 5. The summed E-state index contributed by atoms with van der Waals surface area (Å²) < 4.78 is 5.83. The van der Waals surface area contributed by atoms with Crippen LogP contribution in [0.1, 0.15) is 41.8 Å². The van der Waals surface area contributed by atoms with Crippen LogP contribution < -0.4 is 10.6 Å². The quantitative estimate of drug-likeness (QED) is 0.637. The molecule has 31 heavy (non-hydrogen) atoms. The Hall–Kier alpha value is -3.19. The van der Waals surface area contributed by atoms with Crippen molar-refractivity contribution in [1.82, 2.24) is 9.88 Å². The van der Waals surface area contributed by atoms with Gasteiger partial charge in [-0.3, -0.25) is 9.59 Å². The molecule has 0 bridgehead atoms. The van der Waals surface area contributed by atoms with E-state index in [0.717, 1.165) is 31.2 Å². The SMILES string of the molecule is Cc1ccc(NC(=O)c2oc3ccccc3c2NC(=O)[C@H]2CC[C@H](N(C)C)CC2)nc1. The van der Waals surface area contributed by atoms with Gasteiger partial charge in [-0.1, -0.05) is 18.2 Å². The van der Waals surface area contributed by atoms with Crippen molar-refractivity contribution in [2.24, 2.45) is 5.92 Å². The number of furan rings is 1. The number of anilines is 2. The van der Waals surface area contributed by atoms with E-state index in [0.29, 0.717) is 28.5 Å². The number of nitrogens with one attached hydrogen (secondary N) is 2. The Labute approximate surface area is 181 Å². The van der Waals surface area contributed by atoms with Gasteiger partial charge in [-0.2, -0.15) is 0 Å². The first-order valence-corrected chi connectivity index (χ1v) is 10.6. The maximum atomic E-state index is 13.0. The summed E-state index contributed by atoms with van der Waals surface area (Å²) in [5, 5.41) is 6.46. The largest absolute Gasteiger partial charge is 0.449 e. The molecule has 1 saturated carbocycles. The molecule has 3 aromatic rings. The maximum absolute atomic E-state index is 13.0. The highest BCUT2D eigenvalue weighted by molar-refractivity contribution is 6.14. The van der Waals surface area contributed by atoms with E-state index in [9.17, 15) is 9.59 Å². The van der Waals surface area contributed by atoms with Gasteiger partial charge in [0.1, 0.15) is 17.1 Å². The Morgan fingerprint density at radius 1 is 1.03 bits per heavy atom. The Morgan fingerprint density at radius 3 is 2.45 bits per heavy atom. The van der Waals surface area contributed by atoms with Gasteiger partial charge in [0, 0.05) is 23.5 Å². The highest BCUT2D eigenvalue weighted by Crippen LogP contribution is 2.33. The summed E-state index contributed by atoms with van der Waals surface area (Å²) in [6, 6.07) is 11.4. The second-order valence-electron chi connectivity index (χ2n) is 8.44. The zero-order valence-electron chi connectivity index (χ0n) is 18.1. The van der Waals surface area contributed by atoms with Gasteiger partial charge in [-0.05, 0) is 70.5 Å². The summed E-state index contributed by atoms with van der Waals surface area (Å²) >= 11 is 0. The maximum Gasteiger partial charge on any atom is 0.294 e. The van der Waals surface area contributed by atoms with Crippen molar-refractivity contribution < 1.29 is 14.0 Å². The van der Waals surface area contributed by atoms with Crippen LogP contribution in [-0.4, -0.2) is 41.8 Å². The van der Waals surface area contributed by atoms with Crippen LogP contribution in [0, 0.1) is 12.8 Å². The first-order chi connectivity index (χ1) is 14.9. The summed E-state index contributed by atoms with van der Waals surface area (Å²) in [7, 11) is 4.16. The average molecular weight is 421 g/mol. The topological polar surface area (TPSA) is 87.5 Å². The Morgan fingerprint density at radius 2 is 1.77 bits per heavy atom. The number of benzene rings is 1. The zero-order valence-corrected chi connectivity index (χ0v) is 18.1. The highest BCUT2D eigenvalue weighted by Gasteiger charge is 2.29. The van der Waals surface area contributed by atoms with Crippen molar-refractivity contribution in [3.8, 4) is 0 Å². The zero-order chi connectivity index (χ0) is 22.0. The molecule has 1 aliphatic carbocycles. The van der Waals surface area contributed by atoms with Gasteiger partial charge in [0.05, 0.1) is 0 Å². The number of aryl methyl sites for hydroxylation is 1. The van der Waals surface area contributed by atoms with Crippen LogP contribution >= 0.6 is 0 Å². The molecule has 2 N–H and O–H groups in total. The van der Waals surface area contributed by atoms with Crippen molar-refractivity contribution >= 4 is 34.3 Å². The van der Waals surface area contributed by atoms with Crippen LogP contribution in [-0.2, 0) is 4.79 Å². The third-order valence-corrected chi connectivity index (χ3v) is 6.00. The molecule has 2 heterocycles. The second kappa shape index (κ2) is 8.89. The molecule has 2 amide bonds. The van der Waals surface area contributed by atoms with Crippen molar-refractivity contribution in [3.63, 3.8) is 0 Å². The molecule has 0 spiro atoms. The summed E-state index contributed by atoms with van der Waals surface area (Å²) in [5.41, 5.74) is 1.97. The predicted octanol–water partition coefficient (Wildman–Crippen LogP) is 4.45. The van der Waals surface area contributed by atoms with E-state index >= 15 is 0 Å². The van der Waals surface area contributed by atoms with Crippen molar-refractivity contribution in [1.29, 1.82) is 0 Å². The number of hydrogen-bond donors (Lipinski definition) is 2. The fraction of sp³-hybridized carbons (Fsp3) is 0.375. The van der Waals surface area contributed by atoms with Crippen LogP contribution in [0.3, 0.4) is 0 Å². The molecule has 1 aliphatic rings. The Kier molecular flexibility index (Phi) is 6.04. The first-order valence-electron chi connectivity index (χ1n) is 10.6. The standard InChI is InChI=1S/C24H28N4O3/c1-15-8-13-20(25-14-15)26-24(30)22-21(18-6-4-5-7-19(18)31-22)27-23(29)16-9-11-17(12-10-16)28(2)3/h4-8,13-14,16-17H,9-12H2,1-3H3,(H,27,29)(H,25,26,30)/t16-,17-. The minimum Gasteiger partial charge on any atom is -0.449 e. The molecule has 0 aliphatic heterocycles. The monoisotopic (exact) mass is 420 g/mol. The number of fused-ring (bicyclic) bond motifs is 1. The molecule has 1 fully saturated rings. The van der Waals surface area contributed by atoms with Crippen LogP contribution in [0.25, 0.3) is 11.0 Å². The molecule has 162 valence electrons. The van der Waals surface area contributed by atoms with Crippen LogP contribution in [0.4, 0.5) is 11.5 Å². The van der Waals surface area contributed by atoms with Crippen molar-refractivity contribution in [2.75, 3.05) is 24.7 Å². The van der Waals surface area contributed by atoms with E-state index in [4.69, 9.17) is 4.42 Å². The lowest BCUT2D eigenvalue weighted by Gasteiger charge is -2.31. The minimum atomic E-state index is -0.445. The predicted molar refractivity (Wildman–Crippen MR) is 121 cm³/mol. The van der Waals surface area contributed by atoms with Gasteiger partial charge in [-0.15, -0.1) is 0 Å². The molecule has 0 unspecified atom stereocenters. The average Bonchev–Trinajstić information content (AvgIpc) is 3.14. The fourth-order valence-corrected chi connectivity index (χ4v) is 4.12. The van der Waals surface area contributed by atoms with E-state index in [1.807, 2.05) is 31.2 Å². The lowest BCUT2D eigenvalue weighted by Crippen LogP contribution is -2.35. The highest BCUT2D eigenvalue weighted by atomic mass is 16.3. The van der Waals surface area contributed by atoms with Gasteiger partial charge in [-0.25, -0.2) is 4.98 Å². The number of amides is 2. The van der Waals surface area contributed by atoms with E-state index in [1.165, 1.54) is 0 Å². The van der Waals surface area contributed by atoms with E-state index in [1.54, 1.807) is 18.3 Å². The molecule has 7 heteroatoms. The molecular weight excluding hydrogens is 392 g/mol. The van der Waals surface area contributed by atoms with Crippen LogP contribution in [0.5, 0.6) is 0 Å². The third-order valence-electron chi connectivity index (χ3n) is 6.00. The summed E-state index contributed by atoms with van der Waals surface area (Å²) in [5.74, 6) is -0.0702. The normalized spacial score (nSPS) is 18.8. The molecule has 4 rings (SSSR count). The number of aromatic nitrogens is 1. The molecule has 0 radical (unpaired) electrons. The van der Waals surface area contributed by atoms with Gasteiger partial charge >= 0.3 is 0 Å². The Balaban J connectivity index is 1.56. The van der Waals surface area contributed by atoms with Crippen LogP contribution in [0.15, 0.2) is 47.0 Å². The number of nitrogens with zero attached hydrogens (tertiary/aromatic N) is 2. The van der Waals surface area contributed by atoms with Gasteiger partial charge in [0.25, 0.3) is 5.91 Å². The number of para-hydroxylation sites is 1. The smallest absolute Gasteiger partial charge is 0.294 e. The molecule has 2 aromatic heterocycles. The molecular formula is C24H28N4O3. The lowest BCUT2D eigenvalue weighted by molar-refractivity contribution is -0.121. The minimum absolute atomic E-state index is 0.0636. The van der Waals surface area contributed by atoms with Crippen LogP contribution in [0.2, 0.25) is 0 Å².